The lowest BCUT2D eigenvalue weighted by Crippen LogP contribution is -2.14. The summed E-state index contributed by atoms with van der Waals surface area (Å²) in [7, 11) is 0. The molecule has 3 aromatic heterocycles. The maximum absolute atomic E-state index is 12.6. The molecule has 0 unspecified atom stereocenters. The van der Waals surface area contributed by atoms with E-state index in [-0.39, 0.29) is 5.91 Å². The van der Waals surface area contributed by atoms with E-state index >= 15 is 0 Å². The predicted octanol–water partition coefficient (Wildman–Crippen LogP) is 2.83. The maximum atomic E-state index is 12.6. The molecule has 24 heavy (non-hydrogen) atoms. The Morgan fingerprint density at radius 1 is 1.08 bits per heavy atom. The summed E-state index contributed by atoms with van der Waals surface area (Å²) in [5.74, 6) is 0.540. The summed E-state index contributed by atoms with van der Waals surface area (Å²) in [5.41, 5.74) is 2.45. The summed E-state index contributed by atoms with van der Waals surface area (Å²) in [6.07, 6.45) is 8.92. The van der Waals surface area contributed by atoms with E-state index in [1.807, 2.05) is 57.8 Å². The van der Waals surface area contributed by atoms with E-state index < -0.39 is 0 Å². The van der Waals surface area contributed by atoms with Crippen molar-refractivity contribution < 1.29 is 4.79 Å². The van der Waals surface area contributed by atoms with Gasteiger partial charge in [-0.2, -0.15) is 0 Å². The average Bonchev–Trinajstić information content (AvgIpc) is 3.27. The molecule has 3 heterocycles. The second-order valence-corrected chi connectivity index (χ2v) is 5.46. The third-order valence-electron chi connectivity index (χ3n) is 3.78. The molecule has 0 atom stereocenters. The second-order valence-electron chi connectivity index (χ2n) is 5.46. The van der Waals surface area contributed by atoms with Crippen molar-refractivity contribution in [3.05, 3.63) is 84.7 Å². The van der Waals surface area contributed by atoms with E-state index in [1.165, 1.54) is 0 Å². The molecule has 1 aromatic carbocycles. The molecule has 4 rings (SSSR count). The highest BCUT2D eigenvalue weighted by molar-refractivity contribution is 6.04. The zero-order valence-corrected chi connectivity index (χ0v) is 12.8. The van der Waals surface area contributed by atoms with E-state index in [0.717, 1.165) is 11.2 Å². The van der Waals surface area contributed by atoms with Gasteiger partial charge in [0.15, 0.2) is 0 Å². The molecular formula is C18H15N5O. The predicted molar refractivity (Wildman–Crippen MR) is 90.9 cm³/mol. The lowest BCUT2D eigenvalue weighted by molar-refractivity contribution is 0.102. The third-order valence-corrected chi connectivity index (χ3v) is 3.78. The molecule has 0 aliphatic rings. The normalized spacial score (nSPS) is 10.8. The molecule has 6 heteroatoms. The molecule has 0 fully saturated rings. The Kier molecular flexibility index (Phi) is 3.55. The Bertz CT molecular complexity index is 988. The molecule has 0 radical (unpaired) electrons. The van der Waals surface area contributed by atoms with Crippen LogP contribution in [0.2, 0.25) is 0 Å². The Labute approximate surface area is 138 Å². The van der Waals surface area contributed by atoms with Gasteiger partial charge >= 0.3 is 0 Å². The number of rotatable bonds is 4. The third kappa shape index (κ3) is 2.77. The van der Waals surface area contributed by atoms with Crippen LogP contribution in [0.3, 0.4) is 0 Å². The minimum absolute atomic E-state index is 0.149. The average molecular weight is 317 g/mol. The number of aromatic nitrogens is 4. The molecular weight excluding hydrogens is 302 g/mol. The highest BCUT2D eigenvalue weighted by atomic mass is 16.1. The van der Waals surface area contributed by atoms with E-state index in [9.17, 15) is 4.79 Å². The standard InChI is InChI=1S/C18H15N5O/c24-18(21-17-6-2-5-16-20-8-10-23(16)17)15-4-1-3-14(11-15)12-22-9-7-19-13-22/h1-11,13H,12H2,(H,21,24). The molecule has 118 valence electrons. The van der Waals surface area contributed by atoms with Gasteiger partial charge in [0.25, 0.3) is 5.91 Å². The van der Waals surface area contributed by atoms with Crippen molar-refractivity contribution in [2.45, 2.75) is 6.54 Å². The first-order valence-corrected chi connectivity index (χ1v) is 7.58. The Morgan fingerprint density at radius 3 is 2.88 bits per heavy atom. The number of nitrogens with one attached hydrogen (secondary N) is 1. The Balaban J connectivity index is 1.57. The SMILES string of the molecule is O=C(Nc1cccc2nccn12)c1cccc(Cn2ccnc2)c1. The van der Waals surface area contributed by atoms with Crippen LogP contribution in [-0.2, 0) is 6.54 Å². The molecule has 0 spiro atoms. The number of amides is 1. The van der Waals surface area contributed by atoms with Crippen LogP contribution >= 0.6 is 0 Å². The van der Waals surface area contributed by atoms with Crippen molar-refractivity contribution in [1.82, 2.24) is 18.9 Å². The molecule has 0 saturated heterocycles. The first kappa shape index (κ1) is 14.2. The summed E-state index contributed by atoms with van der Waals surface area (Å²) in [5, 5.41) is 2.94. The van der Waals surface area contributed by atoms with Gasteiger partial charge in [-0.05, 0) is 29.8 Å². The van der Waals surface area contributed by atoms with Crippen LogP contribution in [0.15, 0.2) is 73.6 Å². The van der Waals surface area contributed by atoms with Crippen molar-refractivity contribution in [1.29, 1.82) is 0 Å². The summed E-state index contributed by atoms with van der Waals surface area (Å²) < 4.78 is 3.80. The van der Waals surface area contributed by atoms with Gasteiger partial charge in [-0.25, -0.2) is 9.97 Å². The number of anilines is 1. The zero-order valence-electron chi connectivity index (χ0n) is 12.8. The van der Waals surface area contributed by atoms with E-state index in [2.05, 4.69) is 15.3 Å². The number of imidazole rings is 2. The van der Waals surface area contributed by atoms with Crippen molar-refractivity contribution in [2.24, 2.45) is 0 Å². The van der Waals surface area contributed by atoms with Gasteiger partial charge in [0.2, 0.25) is 0 Å². The van der Waals surface area contributed by atoms with Crippen molar-refractivity contribution in [3.8, 4) is 0 Å². The molecule has 1 N–H and O–H groups in total. The molecule has 6 nitrogen and oxygen atoms in total. The van der Waals surface area contributed by atoms with Gasteiger partial charge < -0.3 is 9.88 Å². The van der Waals surface area contributed by atoms with E-state index in [0.29, 0.717) is 17.9 Å². The number of nitrogens with zero attached hydrogens (tertiary/aromatic N) is 4. The highest BCUT2D eigenvalue weighted by Gasteiger charge is 2.09. The van der Waals surface area contributed by atoms with Crippen molar-refractivity contribution in [2.75, 3.05) is 5.32 Å². The molecule has 4 aromatic rings. The minimum atomic E-state index is -0.149. The van der Waals surface area contributed by atoms with Gasteiger partial charge in [-0.15, -0.1) is 0 Å². The summed E-state index contributed by atoms with van der Waals surface area (Å²) in [4.78, 5) is 20.8. The van der Waals surface area contributed by atoms with Crippen molar-refractivity contribution in [3.63, 3.8) is 0 Å². The number of fused-ring (bicyclic) bond motifs is 1. The quantitative estimate of drug-likeness (QED) is 0.629. The minimum Gasteiger partial charge on any atom is -0.333 e. The largest absolute Gasteiger partial charge is 0.333 e. The maximum Gasteiger partial charge on any atom is 0.256 e. The van der Waals surface area contributed by atoms with Crippen LogP contribution in [-0.4, -0.2) is 24.8 Å². The van der Waals surface area contributed by atoms with Gasteiger partial charge in [0, 0.05) is 36.9 Å². The topological polar surface area (TPSA) is 64.2 Å². The van der Waals surface area contributed by atoms with Crippen LogP contribution in [0.25, 0.3) is 5.65 Å². The summed E-state index contributed by atoms with van der Waals surface area (Å²) in [6.45, 7) is 0.679. The summed E-state index contributed by atoms with van der Waals surface area (Å²) >= 11 is 0. The lowest BCUT2D eigenvalue weighted by Gasteiger charge is -2.09. The second kappa shape index (κ2) is 6.00. The zero-order chi connectivity index (χ0) is 16.4. The first-order valence-electron chi connectivity index (χ1n) is 7.58. The van der Waals surface area contributed by atoms with Crippen LogP contribution in [0.4, 0.5) is 5.82 Å². The molecule has 1 amide bonds. The van der Waals surface area contributed by atoms with Crippen LogP contribution < -0.4 is 5.32 Å². The fourth-order valence-corrected chi connectivity index (χ4v) is 2.64. The number of pyridine rings is 1. The van der Waals surface area contributed by atoms with Gasteiger partial charge in [0.05, 0.1) is 6.33 Å². The highest BCUT2D eigenvalue weighted by Crippen LogP contribution is 2.14. The van der Waals surface area contributed by atoms with Crippen LogP contribution in [0.1, 0.15) is 15.9 Å². The van der Waals surface area contributed by atoms with Crippen LogP contribution in [0.5, 0.6) is 0 Å². The van der Waals surface area contributed by atoms with Crippen LogP contribution in [0, 0.1) is 0 Å². The van der Waals surface area contributed by atoms with E-state index in [4.69, 9.17) is 0 Å². The monoisotopic (exact) mass is 317 g/mol. The lowest BCUT2D eigenvalue weighted by atomic mass is 10.1. The molecule has 0 saturated carbocycles. The Hall–Kier alpha value is -3.41. The number of benzene rings is 1. The fourth-order valence-electron chi connectivity index (χ4n) is 2.64. The van der Waals surface area contributed by atoms with Gasteiger partial charge in [-0.3, -0.25) is 9.20 Å². The number of hydrogen-bond donors (Lipinski definition) is 1. The molecule has 0 aliphatic carbocycles. The van der Waals surface area contributed by atoms with E-state index in [1.54, 1.807) is 24.8 Å². The number of hydrogen-bond acceptors (Lipinski definition) is 3. The summed E-state index contributed by atoms with van der Waals surface area (Å²) in [6, 6.07) is 13.2. The Morgan fingerprint density at radius 2 is 2.00 bits per heavy atom. The first-order chi connectivity index (χ1) is 11.8. The fraction of sp³-hybridized carbons (Fsp3) is 0.0556. The van der Waals surface area contributed by atoms with Crippen molar-refractivity contribution >= 4 is 17.4 Å². The number of carbonyl (C=O) groups is 1. The van der Waals surface area contributed by atoms with Gasteiger partial charge in [0.1, 0.15) is 11.5 Å². The molecule has 0 bridgehead atoms. The van der Waals surface area contributed by atoms with Gasteiger partial charge in [-0.1, -0.05) is 18.2 Å². The smallest absolute Gasteiger partial charge is 0.256 e. The molecule has 0 aliphatic heterocycles. The number of carbonyl (C=O) groups excluding carboxylic acids is 1.